The average molecular weight is 393 g/mol. The number of carbonyl (C=O) groups is 2. The third-order valence-corrected chi connectivity index (χ3v) is 4.08. The number of rotatable bonds is 7. The summed E-state index contributed by atoms with van der Waals surface area (Å²) in [6.07, 6.45) is -4.35. The van der Waals surface area contributed by atoms with Gasteiger partial charge in [0.2, 0.25) is 5.91 Å². The molecule has 0 saturated heterocycles. The van der Waals surface area contributed by atoms with Crippen LogP contribution in [0.3, 0.4) is 0 Å². The Balaban J connectivity index is 1.96. The Morgan fingerprint density at radius 3 is 2.25 bits per heavy atom. The highest BCUT2D eigenvalue weighted by molar-refractivity contribution is 5.85. The first kappa shape index (κ1) is 21.5. The second-order valence-corrected chi connectivity index (χ2v) is 6.76. The highest BCUT2D eigenvalue weighted by Crippen LogP contribution is 2.29. The average Bonchev–Trinajstić information content (AvgIpc) is 2.64. The summed E-state index contributed by atoms with van der Waals surface area (Å²) < 4.78 is 43.5. The number of amides is 1. The van der Waals surface area contributed by atoms with Gasteiger partial charge in [-0.1, -0.05) is 56.3 Å². The van der Waals surface area contributed by atoms with Crippen LogP contribution in [0.5, 0.6) is 0 Å². The number of hydrogen-bond donors (Lipinski definition) is 1. The van der Waals surface area contributed by atoms with Crippen molar-refractivity contribution in [1.82, 2.24) is 5.32 Å². The molecule has 1 N–H and O–H groups in total. The molecule has 0 saturated carbocycles. The Morgan fingerprint density at radius 2 is 1.64 bits per heavy atom. The fourth-order valence-electron chi connectivity index (χ4n) is 2.59. The predicted molar refractivity (Wildman–Crippen MR) is 98.2 cm³/mol. The highest BCUT2D eigenvalue weighted by atomic mass is 19.4. The number of benzene rings is 2. The normalized spacial score (nSPS) is 12.5. The molecule has 0 aliphatic heterocycles. The molecule has 0 spiro atoms. The first-order chi connectivity index (χ1) is 13.2. The lowest BCUT2D eigenvalue weighted by atomic mass is 10.0. The molecule has 0 aromatic heterocycles. The lowest BCUT2D eigenvalue weighted by molar-refractivity contribution is -0.150. The molecular formula is C21H22F3NO3. The van der Waals surface area contributed by atoms with Gasteiger partial charge in [-0.25, -0.2) is 4.79 Å². The fraction of sp³-hybridized carbons (Fsp3) is 0.333. The number of alkyl halides is 3. The van der Waals surface area contributed by atoms with E-state index >= 15 is 0 Å². The van der Waals surface area contributed by atoms with Crippen molar-refractivity contribution in [2.75, 3.05) is 0 Å². The van der Waals surface area contributed by atoms with Crippen LogP contribution >= 0.6 is 0 Å². The van der Waals surface area contributed by atoms with Crippen molar-refractivity contribution in [3.05, 3.63) is 71.3 Å². The van der Waals surface area contributed by atoms with E-state index in [1.807, 2.05) is 18.2 Å². The van der Waals surface area contributed by atoms with Gasteiger partial charge in [-0.15, -0.1) is 0 Å². The fourth-order valence-corrected chi connectivity index (χ4v) is 2.59. The van der Waals surface area contributed by atoms with Crippen molar-refractivity contribution >= 4 is 11.9 Å². The van der Waals surface area contributed by atoms with E-state index < -0.39 is 23.8 Å². The van der Waals surface area contributed by atoms with Crippen LogP contribution in [0.1, 0.15) is 30.5 Å². The second-order valence-electron chi connectivity index (χ2n) is 6.76. The zero-order valence-electron chi connectivity index (χ0n) is 15.6. The van der Waals surface area contributed by atoms with Crippen molar-refractivity contribution in [2.45, 2.75) is 39.1 Å². The molecule has 0 bridgehead atoms. The summed E-state index contributed by atoms with van der Waals surface area (Å²) in [5, 5.41) is 2.64. The molecule has 2 aromatic carbocycles. The minimum atomic E-state index is -4.47. The molecule has 0 aliphatic carbocycles. The van der Waals surface area contributed by atoms with Crippen LogP contribution in [0.15, 0.2) is 54.6 Å². The number of nitrogens with one attached hydrogen (secondary N) is 1. The molecule has 7 heteroatoms. The van der Waals surface area contributed by atoms with Gasteiger partial charge in [0.15, 0.2) is 0 Å². The number of esters is 1. The predicted octanol–water partition coefficient (Wildman–Crippen LogP) is 4.13. The minimum Gasteiger partial charge on any atom is -0.459 e. The summed E-state index contributed by atoms with van der Waals surface area (Å²) >= 11 is 0. The van der Waals surface area contributed by atoms with Crippen LogP contribution in [-0.2, 0) is 33.5 Å². The molecule has 0 unspecified atom stereocenters. The summed E-state index contributed by atoms with van der Waals surface area (Å²) in [6.45, 7) is 3.19. The van der Waals surface area contributed by atoms with Crippen molar-refractivity contribution < 1.29 is 27.5 Å². The lowest BCUT2D eigenvalue weighted by Crippen LogP contribution is -2.45. The molecule has 0 fully saturated rings. The van der Waals surface area contributed by atoms with Crippen LogP contribution in [0, 0.1) is 5.92 Å². The molecule has 0 radical (unpaired) electrons. The summed E-state index contributed by atoms with van der Waals surface area (Å²) in [5.41, 5.74) is 0.221. The first-order valence-corrected chi connectivity index (χ1v) is 8.83. The molecule has 0 aliphatic rings. The molecule has 2 rings (SSSR count). The van der Waals surface area contributed by atoms with Crippen molar-refractivity contribution in [2.24, 2.45) is 5.92 Å². The summed E-state index contributed by atoms with van der Waals surface area (Å²) in [6, 6.07) is 12.8. The highest BCUT2D eigenvalue weighted by Gasteiger charge is 2.30. The molecule has 1 atom stereocenters. The summed E-state index contributed by atoms with van der Waals surface area (Å²) in [7, 11) is 0. The van der Waals surface area contributed by atoms with E-state index in [2.05, 4.69) is 5.32 Å². The van der Waals surface area contributed by atoms with Gasteiger partial charge >= 0.3 is 12.1 Å². The van der Waals surface area contributed by atoms with E-state index in [0.29, 0.717) is 0 Å². The molecular weight excluding hydrogens is 371 g/mol. The monoisotopic (exact) mass is 393 g/mol. The standard InChI is InChI=1S/C21H22F3NO3/c1-14(2)19(25-18(26)12-15-7-4-3-5-8-15)20(27)28-13-16-9-6-10-17(11-16)21(22,23)24/h3-11,14,19H,12-13H2,1-2H3,(H,25,26)/t19-/m0/s1. The molecule has 2 aromatic rings. The van der Waals surface area contributed by atoms with Crippen LogP contribution in [-0.4, -0.2) is 17.9 Å². The topological polar surface area (TPSA) is 55.4 Å². The number of ether oxygens (including phenoxy) is 1. The van der Waals surface area contributed by atoms with E-state index in [1.54, 1.807) is 26.0 Å². The number of carbonyl (C=O) groups excluding carboxylic acids is 2. The van der Waals surface area contributed by atoms with Crippen LogP contribution in [0.2, 0.25) is 0 Å². The van der Waals surface area contributed by atoms with E-state index in [-0.39, 0.29) is 30.4 Å². The van der Waals surface area contributed by atoms with E-state index in [9.17, 15) is 22.8 Å². The molecule has 28 heavy (non-hydrogen) atoms. The van der Waals surface area contributed by atoms with Gasteiger partial charge in [0.1, 0.15) is 12.6 Å². The molecule has 1 amide bonds. The Labute approximate surface area is 161 Å². The molecule has 150 valence electrons. The van der Waals surface area contributed by atoms with Gasteiger partial charge < -0.3 is 10.1 Å². The maximum Gasteiger partial charge on any atom is 0.416 e. The first-order valence-electron chi connectivity index (χ1n) is 8.83. The molecule has 4 nitrogen and oxygen atoms in total. The summed E-state index contributed by atoms with van der Waals surface area (Å²) in [5.74, 6) is -1.26. The lowest BCUT2D eigenvalue weighted by Gasteiger charge is -2.21. The maximum atomic E-state index is 12.8. The van der Waals surface area contributed by atoms with Gasteiger partial charge in [-0.2, -0.15) is 13.2 Å². The van der Waals surface area contributed by atoms with Gasteiger partial charge in [0.25, 0.3) is 0 Å². The SMILES string of the molecule is CC(C)[C@H](NC(=O)Cc1ccccc1)C(=O)OCc1cccc(C(F)(F)F)c1. The van der Waals surface area contributed by atoms with Crippen molar-refractivity contribution in [3.63, 3.8) is 0 Å². The smallest absolute Gasteiger partial charge is 0.416 e. The molecule has 0 heterocycles. The maximum absolute atomic E-state index is 12.8. The van der Waals surface area contributed by atoms with Gasteiger partial charge in [-0.3, -0.25) is 4.79 Å². The van der Waals surface area contributed by atoms with E-state index in [0.717, 1.165) is 17.7 Å². The third-order valence-electron chi connectivity index (χ3n) is 4.08. The van der Waals surface area contributed by atoms with Gasteiger partial charge in [0.05, 0.1) is 12.0 Å². The Morgan fingerprint density at radius 1 is 1.00 bits per heavy atom. The van der Waals surface area contributed by atoms with Gasteiger partial charge in [0, 0.05) is 0 Å². The van der Waals surface area contributed by atoms with Crippen LogP contribution in [0.4, 0.5) is 13.2 Å². The van der Waals surface area contributed by atoms with Crippen molar-refractivity contribution in [3.8, 4) is 0 Å². The summed E-state index contributed by atoms with van der Waals surface area (Å²) in [4.78, 5) is 24.6. The Hall–Kier alpha value is -2.83. The van der Waals surface area contributed by atoms with E-state index in [4.69, 9.17) is 4.74 Å². The largest absolute Gasteiger partial charge is 0.459 e. The third kappa shape index (κ3) is 6.40. The Bertz CT molecular complexity index is 804. The van der Waals surface area contributed by atoms with E-state index in [1.165, 1.54) is 12.1 Å². The van der Waals surface area contributed by atoms with Gasteiger partial charge in [-0.05, 0) is 29.2 Å². The number of halogens is 3. The quantitative estimate of drug-likeness (QED) is 0.720. The van der Waals surface area contributed by atoms with Crippen LogP contribution < -0.4 is 5.32 Å². The van der Waals surface area contributed by atoms with Crippen molar-refractivity contribution in [1.29, 1.82) is 0 Å². The number of hydrogen-bond acceptors (Lipinski definition) is 3. The second kappa shape index (κ2) is 9.39. The Kier molecular flexibility index (Phi) is 7.20. The zero-order valence-corrected chi connectivity index (χ0v) is 15.6. The minimum absolute atomic E-state index is 0.116. The zero-order chi connectivity index (χ0) is 20.7. The van der Waals surface area contributed by atoms with Crippen LogP contribution in [0.25, 0.3) is 0 Å².